The Balaban J connectivity index is 1.37. The second-order valence-corrected chi connectivity index (χ2v) is 8.63. The second kappa shape index (κ2) is 8.73. The summed E-state index contributed by atoms with van der Waals surface area (Å²) >= 11 is 0. The van der Waals surface area contributed by atoms with Crippen molar-refractivity contribution in [1.82, 2.24) is 30.5 Å². The van der Waals surface area contributed by atoms with Crippen LogP contribution in [0, 0.1) is 6.92 Å². The molecule has 0 atom stereocenters. The van der Waals surface area contributed by atoms with E-state index < -0.39 is 0 Å². The number of carbonyl (C=O) groups is 1. The van der Waals surface area contributed by atoms with Gasteiger partial charge in [0.05, 0.1) is 34.0 Å². The smallest absolute Gasteiger partial charge is 0.257 e. The molecule has 1 amide bonds. The molecule has 0 spiro atoms. The maximum atomic E-state index is 13.5. The summed E-state index contributed by atoms with van der Waals surface area (Å²) in [4.78, 5) is 28.1. The quantitative estimate of drug-likeness (QED) is 0.268. The number of aromatic nitrogens is 5. The molecule has 10 nitrogen and oxygen atoms in total. The van der Waals surface area contributed by atoms with Crippen molar-refractivity contribution in [2.75, 3.05) is 41.7 Å². The zero-order chi connectivity index (χ0) is 23.8. The van der Waals surface area contributed by atoms with Crippen molar-refractivity contribution >= 4 is 51.0 Å². The number of hydrogen-bond donors (Lipinski definition) is 5. The van der Waals surface area contributed by atoms with E-state index in [0.29, 0.717) is 22.7 Å². The zero-order valence-electron chi connectivity index (χ0n) is 19.2. The van der Waals surface area contributed by atoms with Crippen LogP contribution in [0.15, 0.2) is 54.9 Å². The topological polar surface area (TPSA) is 127 Å². The van der Waals surface area contributed by atoms with Crippen molar-refractivity contribution in [1.29, 1.82) is 0 Å². The van der Waals surface area contributed by atoms with Crippen LogP contribution in [0.1, 0.15) is 15.9 Å². The molecular weight excluding hydrogens is 442 g/mol. The Kier molecular flexibility index (Phi) is 5.27. The van der Waals surface area contributed by atoms with Gasteiger partial charge in [0.1, 0.15) is 5.82 Å². The van der Waals surface area contributed by atoms with Crippen LogP contribution < -0.4 is 20.9 Å². The average molecular weight is 468 g/mol. The van der Waals surface area contributed by atoms with Crippen molar-refractivity contribution < 1.29 is 4.79 Å². The number of piperazine rings is 1. The van der Waals surface area contributed by atoms with Gasteiger partial charge in [-0.3, -0.25) is 9.89 Å². The molecule has 2 aromatic carbocycles. The fourth-order valence-electron chi connectivity index (χ4n) is 4.40. The highest BCUT2D eigenvalue weighted by atomic mass is 16.1. The molecule has 3 aromatic heterocycles. The van der Waals surface area contributed by atoms with Gasteiger partial charge in [-0.05, 0) is 48.9 Å². The summed E-state index contributed by atoms with van der Waals surface area (Å²) in [7, 11) is 0. The molecule has 1 saturated heterocycles. The lowest BCUT2D eigenvalue weighted by Crippen LogP contribution is -2.44. The predicted octanol–water partition coefficient (Wildman–Crippen LogP) is 3.55. The van der Waals surface area contributed by atoms with Crippen molar-refractivity contribution in [2.24, 2.45) is 0 Å². The molecule has 10 heteroatoms. The Labute approximate surface area is 201 Å². The number of fused-ring (bicyclic) bond motifs is 2. The number of imidazole rings is 1. The van der Waals surface area contributed by atoms with Gasteiger partial charge >= 0.3 is 0 Å². The van der Waals surface area contributed by atoms with E-state index in [1.807, 2.05) is 49.4 Å². The second-order valence-electron chi connectivity index (χ2n) is 8.63. The van der Waals surface area contributed by atoms with E-state index in [2.05, 4.69) is 46.0 Å². The lowest BCUT2D eigenvalue weighted by molar-refractivity contribution is 0.102. The van der Waals surface area contributed by atoms with Gasteiger partial charge in [-0.1, -0.05) is 6.07 Å². The third-order valence-electron chi connectivity index (χ3n) is 6.25. The van der Waals surface area contributed by atoms with Crippen LogP contribution >= 0.6 is 0 Å². The highest BCUT2D eigenvalue weighted by Crippen LogP contribution is 2.29. The zero-order valence-corrected chi connectivity index (χ0v) is 19.2. The Morgan fingerprint density at radius 1 is 1.09 bits per heavy atom. The molecule has 0 radical (unpaired) electrons. The summed E-state index contributed by atoms with van der Waals surface area (Å²) in [5, 5.41) is 17.7. The average Bonchev–Trinajstić information content (AvgIpc) is 3.51. The Bertz CT molecular complexity index is 1530. The highest BCUT2D eigenvalue weighted by Gasteiger charge is 2.21. The van der Waals surface area contributed by atoms with Gasteiger partial charge in [0.15, 0.2) is 0 Å². The Hall–Kier alpha value is -4.44. The monoisotopic (exact) mass is 467 g/mol. The summed E-state index contributed by atoms with van der Waals surface area (Å²) in [6.07, 6.45) is 3.50. The van der Waals surface area contributed by atoms with E-state index in [1.54, 1.807) is 12.4 Å². The minimum Gasteiger partial charge on any atom is -0.368 e. The van der Waals surface area contributed by atoms with Gasteiger partial charge in [0.2, 0.25) is 5.95 Å². The molecule has 5 N–H and O–H groups in total. The van der Waals surface area contributed by atoms with Crippen LogP contribution in [0.25, 0.3) is 21.9 Å². The number of benzene rings is 2. The van der Waals surface area contributed by atoms with E-state index in [1.165, 1.54) is 0 Å². The fourth-order valence-corrected chi connectivity index (χ4v) is 4.40. The van der Waals surface area contributed by atoms with Crippen molar-refractivity contribution in [3.8, 4) is 0 Å². The molecule has 0 saturated carbocycles. The van der Waals surface area contributed by atoms with Crippen LogP contribution in [-0.4, -0.2) is 57.2 Å². The number of H-pyrrole nitrogens is 2. The van der Waals surface area contributed by atoms with Gasteiger partial charge in [-0.2, -0.15) is 5.10 Å². The van der Waals surface area contributed by atoms with Gasteiger partial charge in [-0.15, -0.1) is 0 Å². The molecule has 0 bridgehead atoms. The number of nitrogens with one attached hydrogen (secondary N) is 5. The number of pyridine rings is 1. The number of carbonyl (C=O) groups excluding carboxylic acids is 1. The first-order valence-electron chi connectivity index (χ1n) is 11.6. The fraction of sp³-hybridized carbons (Fsp3) is 0.200. The van der Waals surface area contributed by atoms with Crippen molar-refractivity contribution in [3.05, 3.63) is 66.0 Å². The summed E-state index contributed by atoms with van der Waals surface area (Å²) < 4.78 is 0. The molecular formula is C25H25N9O. The number of hydrogen-bond acceptors (Lipinski definition) is 7. The van der Waals surface area contributed by atoms with Gasteiger partial charge in [-0.25, -0.2) is 9.97 Å². The Morgan fingerprint density at radius 3 is 2.83 bits per heavy atom. The first-order valence-corrected chi connectivity index (χ1v) is 11.6. The number of anilines is 4. The van der Waals surface area contributed by atoms with E-state index >= 15 is 0 Å². The summed E-state index contributed by atoms with van der Waals surface area (Å²) in [6, 6.07) is 13.4. The summed E-state index contributed by atoms with van der Waals surface area (Å²) in [5.41, 5.74) is 5.60. The SMILES string of the molecule is Cc1cccnc1Nc1nc2cc(C(=O)Nc3ccc4cn[nH]c4c3)c(N3CCNCC3)cc2[nH]1. The summed E-state index contributed by atoms with van der Waals surface area (Å²) in [5.74, 6) is 1.13. The van der Waals surface area contributed by atoms with Crippen molar-refractivity contribution in [3.63, 3.8) is 0 Å². The molecule has 0 unspecified atom stereocenters. The maximum Gasteiger partial charge on any atom is 0.257 e. The van der Waals surface area contributed by atoms with Crippen LogP contribution in [0.5, 0.6) is 0 Å². The lowest BCUT2D eigenvalue weighted by atomic mass is 10.1. The van der Waals surface area contributed by atoms with E-state index in [4.69, 9.17) is 0 Å². The van der Waals surface area contributed by atoms with E-state index in [9.17, 15) is 4.79 Å². The first kappa shape index (κ1) is 21.1. The van der Waals surface area contributed by atoms with E-state index in [0.717, 1.165) is 59.7 Å². The van der Waals surface area contributed by atoms with Crippen LogP contribution in [0.2, 0.25) is 0 Å². The van der Waals surface area contributed by atoms with Gasteiger partial charge < -0.3 is 25.8 Å². The number of aromatic amines is 2. The minimum absolute atomic E-state index is 0.183. The summed E-state index contributed by atoms with van der Waals surface area (Å²) in [6.45, 7) is 5.36. The molecule has 5 aromatic rings. The maximum absolute atomic E-state index is 13.5. The van der Waals surface area contributed by atoms with Crippen LogP contribution in [-0.2, 0) is 0 Å². The molecule has 6 rings (SSSR count). The number of nitrogens with zero attached hydrogens (tertiary/aromatic N) is 4. The van der Waals surface area contributed by atoms with E-state index in [-0.39, 0.29) is 5.91 Å². The number of rotatable bonds is 5. The molecule has 35 heavy (non-hydrogen) atoms. The molecule has 1 aliphatic rings. The molecule has 1 aliphatic heterocycles. The van der Waals surface area contributed by atoms with Gasteiger partial charge in [0, 0.05) is 43.4 Å². The normalized spacial score (nSPS) is 13.9. The number of aryl methyl sites for hydroxylation is 1. The van der Waals surface area contributed by atoms with Crippen LogP contribution in [0.3, 0.4) is 0 Å². The highest BCUT2D eigenvalue weighted by molar-refractivity contribution is 6.11. The molecule has 176 valence electrons. The third-order valence-corrected chi connectivity index (χ3v) is 6.25. The minimum atomic E-state index is -0.183. The van der Waals surface area contributed by atoms with Gasteiger partial charge in [0.25, 0.3) is 5.91 Å². The largest absolute Gasteiger partial charge is 0.368 e. The van der Waals surface area contributed by atoms with Crippen molar-refractivity contribution in [2.45, 2.75) is 6.92 Å². The standard InChI is InChI=1S/C25H25N9O/c1-15-3-2-6-27-23(15)32-25-30-20-12-18(22(13-21(20)31-25)34-9-7-26-8-10-34)24(35)29-17-5-4-16-14-28-33-19(16)11-17/h2-6,11-14,26H,7-10H2,1H3,(H,28,33)(H,29,35)(H2,27,30,31,32). The molecule has 1 fully saturated rings. The number of amides is 1. The molecule has 4 heterocycles. The molecule has 0 aliphatic carbocycles. The third kappa shape index (κ3) is 4.15. The first-order chi connectivity index (χ1) is 17.1. The predicted molar refractivity (Wildman–Crippen MR) is 137 cm³/mol. The Morgan fingerprint density at radius 2 is 1.97 bits per heavy atom. The lowest BCUT2D eigenvalue weighted by Gasteiger charge is -2.31. The van der Waals surface area contributed by atoms with Crippen LogP contribution in [0.4, 0.5) is 23.1 Å².